The van der Waals surface area contributed by atoms with Gasteiger partial charge in [0, 0.05) is 24.8 Å². The van der Waals surface area contributed by atoms with E-state index in [0.29, 0.717) is 36.4 Å². The number of benzene rings is 1. The fourth-order valence-corrected chi connectivity index (χ4v) is 2.62. The summed E-state index contributed by atoms with van der Waals surface area (Å²) in [6.07, 6.45) is 0.659. The maximum atomic E-state index is 11.9. The third-order valence-corrected chi connectivity index (χ3v) is 3.80. The molecule has 0 aliphatic carbocycles. The summed E-state index contributed by atoms with van der Waals surface area (Å²) in [7, 11) is 1.59. The van der Waals surface area contributed by atoms with E-state index in [9.17, 15) is 4.79 Å². The van der Waals surface area contributed by atoms with Crippen LogP contribution in [0.3, 0.4) is 0 Å². The molecular formula is C16H23ClN2O3. The summed E-state index contributed by atoms with van der Waals surface area (Å²) in [4.78, 5) is 13.7. The van der Waals surface area contributed by atoms with Crippen molar-refractivity contribution in [2.45, 2.75) is 26.3 Å². The average Bonchev–Trinajstić information content (AvgIpc) is 2.93. The third-order valence-electron chi connectivity index (χ3n) is 3.51. The molecule has 1 aromatic rings. The molecule has 1 unspecified atom stereocenters. The zero-order valence-corrected chi connectivity index (χ0v) is 14.0. The molecule has 6 heteroatoms. The van der Waals surface area contributed by atoms with E-state index in [4.69, 9.17) is 21.1 Å². The van der Waals surface area contributed by atoms with Crippen LogP contribution in [0.5, 0.6) is 5.75 Å². The lowest BCUT2D eigenvalue weighted by atomic mass is 10.2. The number of amides is 1. The molecule has 22 heavy (non-hydrogen) atoms. The van der Waals surface area contributed by atoms with Crippen LogP contribution in [-0.2, 0) is 4.74 Å². The van der Waals surface area contributed by atoms with Crippen molar-refractivity contribution in [1.29, 1.82) is 0 Å². The minimum Gasteiger partial charge on any atom is -0.495 e. The smallest absolute Gasteiger partial charge is 0.409 e. The number of carbonyl (C=O) groups is 1. The molecule has 1 saturated heterocycles. The van der Waals surface area contributed by atoms with Gasteiger partial charge >= 0.3 is 6.09 Å². The van der Waals surface area contributed by atoms with Crippen LogP contribution in [0.25, 0.3) is 0 Å². The second-order valence-electron chi connectivity index (χ2n) is 5.90. The zero-order valence-electron chi connectivity index (χ0n) is 13.3. The molecule has 1 amide bonds. The highest BCUT2D eigenvalue weighted by atomic mass is 35.5. The summed E-state index contributed by atoms with van der Waals surface area (Å²) in [5.41, 5.74) is 0.924. The summed E-state index contributed by atoms with van der Waals surface area (Å²) < 4.78 is 10.4. The number of methoxy groups -OCH3 is 1. The number of halogens is 1. The van der Waals surface area contributed by atoms with Crippen LogP contribution in [-0.4, -0.2) is 43.8 Å². The molecule has 1 aliphatic heterocycles. The quantitative estimate of drug-likeness (QED) is 0.897. The number of likely N-dealkylation sites (tertiary alicyclic amines) is 1. The van der Waals surface area contributed by atoms with Crippen molar-refractivity contribution in [2.75, 3.05) is 32.1 Å². The Kier molecular flexibility index (Phi) is 5.77. The van der Waals surface area contributed by atoms with Gasteiger partial charge in [-0.25, -0.2) is 4.79 Å². The number of hydrogen-bond acceptors (Lipinski definition) is 4. The summed E-state index contributed by atoms with van der Waals surface area (Å²) in [5, 5.41) is 3.96. The van der Waals surface area contributed by atoms with Gasteiger partial charge in [-0.3, -0.25) is 0 Å². The standard InChI is InChI=1S/C16H23ClN2O3/c1-11(2)10-22-16(20)19-7-6-13(9-19)18-12-4-5-15(21-3)14(17)8-12/h4-5,8,11,13,18H,6-7,9-10H2,1-3H3. The first-order valence-electron chi connectivity index (χ1n) is 7.51. The predicted molar refractivity (Wildman–Crippen MR) is 87.8 cm³/mol. The number of nitrogens with zero attached hydrogens (tertiary/aromatic N) is 1. The molecule has 1 fully saturated rings. The number of carbonyl (C=O) groups excluding carboxylic acids is 1. The van der Waals surface area contributed by atoms with Crippen LogP contribution < -0.4 is 10.1 Å². The van der Waals surface area contributed by atoms with Crippen molar-refractivity contribution in [2.24, 2.45) is 5.92 Å². The summed E-state index contributed by atoms with van der Waals surface area (Å²) in [5.74, 6) is 0.999. The van der Waals surface area contributed by atoms with Crippen LogP contribution in [0.1, 0.15) is 20.3 Å². The highest BCUT2D eigenvalue weighted by Gasteiger charge is 2.27. The molecule has 0 bridgehead atoms. The molecule has 1 atom stereocenters. The Morgan fingerprint density at radius 1 is 1.50 bits per heavy atom. The zero-order chi connectivity index (χ0) is 16.1. The Morgan fingerprint density at radius 3 is 2.91 bits per heavy atom. The topological polar surface area (TPSA) is 50.8 Å². The van der Waals surface area contributed by atoms with E-state index in [2.05, 4.69) is 5.32 Å². The van der Waals surface area contributed by atoms with Gasteiger partial charge in [-0.1, -0.05) is 25.4 Å². The monoisotopic (exact) mass is 326 g/mol. The van der Waals surface area contributed by atoms with Crippen LogP contribution in [0.15, 0.2) is 18.2 Å². The first-order chi connectivity index (χ1) is 10.5. The van der Waals surface area contributed by atoms with E-state index < -0.39 is 0 Å². The fourth-order valence-electron chi connectivity index (χ4n) is 2.37. The van der Waals surface area contributed by atoms with Crippen LogP contribution in [0.4, 0.5) is 10.5 Å². The van der Waals surface area contributed by atoms with Gasteiger partial charge in [0.1, 0.15) is 5.75 Å². The molecule has 0 radical (unpaired) electrons. The highest BCUT2D eigenvalue weighted by molar-refractivity contribution is 6.32. The fraction of sp³-hybridized carbons (Fsp3) is 0.562. The lowest BCUT2D eigenvalue weighted by Crippen LogP contribution is -2.32. The van der Waals surface area contributed by atoms with E-state index in [-0.39, 0.29) is 12.1 Å². The number of ether oxygens (including phenoxy) is 2. The van der Waals surface area contributed by atoms with Crippen LogP contribution >= 0.6 is 11.6 Å². The molecular weight excluding hydrogens is 304 g/mol. The van der Waals surface area contributed by atoms with E-state index in [1.54, 1.807) is 12.0 Å². The molecule has 0 saturated carbocycles. The average molecular weight is 327 g/mol. The molecule has 5 nitrogen and oxygen atoms in total. The summed E-state index contributed by atoms with van der Waals surface area (Å²) in [6.45, 7) is 5.85. The Hall–Kier alpha value is -1.62. The predicted octanol–water partition coefficient (Wildman–Crippen LogP) is 3.63. The van der Waals surface area contributed by atoms with Crippen LogP contribution in [0.2, 0.25) is 5.02 Å². The van der Waals surface area contributed by atoms with Crippen LogP contribution in [0, 0.1) is 5.92 Å². The Morgan fingerprint density at radius 2 is 2.27 bits per heavy atom. The maximum Gasteiger partial charge on any atom is 0.409 e. The second kappa shape index (κ2) is 7.58. The van der Waals surface area contributed by atoms with Gasteiger partial charge in [-0.2, -0.15) is 0 Å². The van der Waals surface area contributed by atoms with Crippen molar-refractivity contribution in [1.82, 2.24) is 4.90 Å². The minimum absolute atomic E-state index is 0.205. The van der Waals surface area contributed by atoms with Crippen molar-refractivity contribution >= 4 is 23.4 Å². The van der Waals surface area contributed by atoms with E-state index in [1.807, 2.05) is 32.0 Å². The lowest BCUT2D eigenvalue weighted by Gasteiger charge is -2.18. The molecule has 0 spiro atoms. The summed E-state index contributed by atoms with van der Waals surface area (Å²) in [6, 6.07) is 5.79. The molecule has 1 aromatic carbocycles. The molecule has 1 heterocycles. The number of nitrogens with one attached hydrogen (secondary N) is 1. The molecule has 0 aromatic heterocycles. The van der Waals surface area contributed by atoms with Crippen molar-refractivity contribution < 1.29 is 14.3 Å². The van der Waals surface area contributed by atoms with Gasteiger partial charge in [-0.05, 0) is 30.5 Å². The molecule has 1 aliphatic rings. The van der Waals surface area contributed by atoms with Gasteiger partial charge < -0.3 is 19.7 Å². The van der Waals surface area contributed by atoms with Gasteiger partial charge in [0.15, 0.2) is 0 Å². The lowest BCUT2D eigenvalue weighted by molar-refractivity contribution is 0.0993. The maximum absolute atomic E-state index is 11.9. The van der Waals surface area contributed by atoms with Crippen molar-refractivity contribution in [3.8, 4) is 5.75 Å². The molecule has 122 valence electrons. The minimum atomic E-state index is -0.231. The van der Waals surface area contributed by atoms with Gasteiger partial charge in [-0.15, -0.1) is 0 Å². The van der Waals surface area contributed by atoms with Gasteiger partial charge in [0.2, 0.25) is 0 Å². The number of hydrogen-bond donors (Lipinski definition) is 1. The first kappa shape index (κ1) is 16.7. The Labute approximate surface area is 136 Å². The van der Waals surface area contributed by atoms with E-state index in [1.165, 1.54) is 0 Å². The molecule has 2 rings (SSSR count). The highest BCUT2D eigenvalue weighted by Crippen LogP contribution is 2.28. The number of rotatable bonds is 5. The van der Waals surface area contributed by atoms with E-state index in [0.717, 1.165) is 12.1 Å². The summed E-state index contributed by atoms with van der Waals surface area (Å²) >= 11 is 6.12. The first-order valence-corrected chi connectivity index (χ1v) is 7.89. The van der Waals surface area contributed by atoms with Gasteiger partial charge in [0.05, 0.1) is 18.7 Å². The normalized spacial score (nSPS) is 17.7. The SMILES string of the molecule is COc1ccc(NC2CCN(C(=O)OCC(C)C)C2)cc1Cl. The molecule has 1 N–H and O–H groups in total. The van der Waals surface area contributed by atoms with Crippen molar-refractivity contribution in [3.05, 3.63) is 23.2 Å². The second-order valence-corrected chi connectivity index (χ2v) is 6.30. The van der Waals surface area contributed by atoms with Gasteiger partial charge in [0.25, 0.3) is 0 Å². The number of anilines is 1. The Bertz CT molecular complexity index is 522. The van der Waals surface area contributed by atoms with E-state index >= 15 is 0 Å². The Balaban J connectivity index is 1.85. The third kappa shape index (κ3) is 4.44. The van der Waals surface area contributed by atoms with Crippen molar-refractivity contribution in [3.63, 3.8) is 0 Å². The largest absolute Gasteiger partial charge is 0.495 e.